The number of carbonyl (C=O) groups excluding carboxylic acids is 1. The van der Waals surface area contributed by atoms with Gasteiger partial charge in [-0.2, -0.15) is 4.62 Å². The van der Waals surface area contributed by atoms with E-state index >= 15 is 0 Å². The Labute approximate surface area is 59.2 Å². The lowest BCUT2D eigenvalue weighted by atomic mass is 10.8. The second-order valence-electron chi connectivity index (χ2n) is 1.70. The molecule has 10 heavy (non-hydrogen) atoms. The summed E-state index contributed by atoms with van der Waals surface area (Å²) in [5.74, 6) is -0.417. The number of carbonyl (C=O) groups is 1. The van der Waals surface area contributed by atoms with E-state index in [-0.39, 0.29) is 0 Å². The monoisotopic (exact) mass is 167 g/mol. The maximum Gasteiger partial charge on any atom is 0.348 e. The van der Waals surface area contributed by atoms with Gasteiger partial charge in [-0.3, -0.25) is 9.36 Å². The molecule has 0 spiro atoms. The maximum atomic E-state index is 10.8. The summed E-state index contributed by atoms with van der Waals surface area (Å²) in [4.78, 5) is 10.2. The molecule has 0 aromatic carbocycles. The van der Waals surface area contributed by atoms with E-state index in [1.54, 1.807) is 0 Å². The van der Waals surface area contributed by atoms with Crippen molar-refractivity contribution < 1.29 is 18.5 Å². The fraction of sp³-hybridized carbons (Fsp3) is 0.750. The molecule has 0 fully saturated rings. The van der Waals surface area contributed by atoms with Gasteiger partial charge in [0.15, 0.2) is 0 Å². The van der Waals surface area contributed by atoms with Gasteiger partial charge in [0.2, 0.25) is 5.91 Å². The highest BCUT2D eigenvalue weighted by Crippen LogP contribution is 2.40. The van der Waals surface area contributed by atoms with Crippen LogP contribution in [0.25, 0.3) is 0 Å². The van der Waals surface area contributed by atoms with Crippen molar-refractivity contribution in [3.05, 3.63) is 0 Å². The smallest absolute Gasteiger partial charge is 0.311 e. The molecule has 0 bridgehead atoms. The van der Waals surface area contributed by atoms with Crippen LogP contribution in [0.1, 0.15) is 6.92 Å². The zero-order valence-corrected chi connectivity index (χ0v) is 6.97. The van der Waals surface area contributed by atoms with Crippen LogP contribution in [-0.4, -0.2) is 19.7 Å². The molecule has 0 aliphatic carbocycles. The Hall–Kier alpha value is -0.380. The van der Waals surface area contributed by atoms with E-state index in [9.17, 15) is 9.36 Å². The second kappa shape index (κ2) is 3.71. The molecular formula is C4H10NO4P. The zero-order chi connectivity index (χ0) is 8.20. The molecule has 1 amide bonds. The molecule has 0 aromatic heterocycles. The van der Waals surface area contributed by atoms with Gasteiger partial charge in [-0.25, -0.2) is 5.48 Å². The molecule has 6 heteroatoms. The van der Waals surface area contributed by atoms with Crippen molar-refractivity contribution in [2.45, 2.75) is 6.92 Å². The molecule has 0 aromatic rings. The minimum absolute atomic E-state index is 0.417. The van der Waals surface area contributed by atoms with Gasteiger partial charge in [0.05, 0.1) is 0 Å². The molecule has 0 aliphatic heterocycles. The van der Waals surface area contributed by atoms with E-state index < -0.39 is 13.5 Å². The van der Waals surface area contributed by atoms with Gasteiger partial charge in [-0.05, 0) is 0 Å². The SMILES string of the molecule is COP(C)(=O)ONC(C)=O. The lowest BCUT2D eigenvalue weighted by Gasteiger charge is -2.09. The van der Waals surface area contributed by atoms with Crippen molar-refractivity contribution in [3.8, 4) is 0 Å². The van der Waals surface area contributed by atoms with Crippen molar-refractivity contribution in [2.24, 2.45) is 0 Å². The normalized spacial score (nSPS) is 15.9. The third-order valence-corrected chi connectivity index (χ3v) is 1.77. The van der Waals surface area contributed by atoms with Gasteiger partial charge >= 0.3 is 7.60 Å². The fourth-order valence-corrected chi connectivity index (χ4v) is 0.553. The Morgan fingerprint density at radius 1 is 1.60 bits per heavy atom. The quantitative estimate of drug-likeness (QED) is 0.491. The minimum Gasteiger partial charge on any atom is -0.311 e. The molecule has 0 rings (SSSR count). The first kappa shape index (κ1) is 9.62. The van der Waals surface area contributed by atoms with E-state index in [2.05, 4.69) is 9.15 Å². The third kappa shape index (κ3) is 4.49. The molecule has 0 aliphatic rings. The van der Waals surface area contributed by atoms with E-state index in [1.807, 2.05) is 5.48 Å². The van der Waals surface area contributed by atoms with Crippen molar-refractivity contribution in [1.29, 1.82) is 0 Å². The van der Waals surface area contributed by atoms with Crippen molar-refractivity contribution in [1.82, 2.24) is 5.48 Å². The Kier molecular flexibility index (Phi) is 3.57. The summed E-state index contributed by atoms with van der Waals surface area (Å²) in [6.45, 7) is 2.50. The number of hydroxylamine groups is 1. The predicted octanol–water partition coefficient (Wildman–Crippen LogP) is 0.523. The first-order valence-corrected chi connectivity index (χ1v) is 4.55. The first-order valence-electron chi connectivity index (χ1n) is 2.56. The lowest BCUT2D eigenvalue weighted by molar-refractivity contribution is -0.125. The number of hydrogen-bond donors (Lipinski definition) is 1. The number of amides is 1. The molecule has 1 atom stereocenters. The molecule has 5 nitrogen and oxygen atoms in total. The molecule has 1 N–H and O–H groups in total. The number of hydrogen-bond acceptors (Lipinski definition) is 4. The van der Waals surface area contributed by atoms with Crippen LogP contribution in [0, 0.1) is 0 Å². The van der Waals surface area contributed by atoms with Gasteiger partial charge < -0.3 is 4.52 Å². The highest BCUT2D eigenvalue weighted by molar-refractivity contribution is 7.52. The maximum absolute atomic E-state index is 10.8. The van der Waals surface area contributed by atoms with Crippen molar-refractivity contribution in [3.63, 3.8) is 0 Å². The van der Waals surface area contributed by atoms with Crippen LogP contribution in [-0.2, 0) is 18.5 Å². The van der Waals surface area contributed by atoms with Crippen molar-refractivity contribution in [2.75, 3.05) is 13.8 Å². The average molecular weight is 167 g/mol. The standard InChI is InChI=1S/C4H10NO4P/c1-4(6)5-9-10(3,7)8-2/h1-3H3,(H,5,6). The molecule has 0 radical (unpaired) electrons. The molecule has 0 saturated heterocycles. The molecule has 0 saturated carbocycles. The summed E-state index contributed by atoms with van der Waals surface area (Å²) in [7, 11) is -1.82. The Balaban J connectivity index is 3.68. The fourth-order valence-electron chi connectivity index (χ4n) is 0.184. The molecular weight excluding hydrogens is 157 g/mol. The van der Waals surface area contributed by atoms with E-state index in [4.69, 9.17) is 0 Å². The predicted molar refractivity (Wildman–Crippen MR) is 35.4 cm³/mol. The van der Waals surface area contributed by atoms with Crippen LogP contribution in [0.2, 0.25) is 0 Å². The van der Waals surface area contributed by atoms with Crippen LogP contribution < -0.4 is 5.48 Å². The summed E-state index contributed by atoms with van der Waals surface area (Å²) in [6, 6.07) is 0. The Morgan fingerprint density at radius 3 is 2.40 bits per heavy atom. The van der Waals surface area contributed by atoms with Gasteiger partial charge in [0, 0.05) is 20.7 Å². The highest BCUT2D eigenvalue weighted by atomic mass is 31.2. The Bertz CT molecular complexity index is 169. The van der Waals surface area contributed by atoms with Crippen LogP contribution in [0.5, 0.6) is 0 Å². The van der Waals surface area contributed by atoms with Crippen LogP contribution >= 0.6 is 7.60 Å². The van der Waals surface area contributed by atoms with Gasteiger partial charge in [0.1, 0.15) is 0 Å². The summed E-state index contributed by atoms with van der Waals surface area (Å²) in [5, 5.41) is 0. The topological polar surface area (TPSA) is 64.6 Å². The van der Waals surface area contributed by atoms with E-state index in [1.165, 1.54) is 20.7 Å². The van der Waals surface area contributed by atoms with Gasteiger partial charge in [-0.1, -0.05) is 0 Å². The zero-order valence-electron chi connectivity index (χ0n) is 6.08. The molecule has 1 unspecified atom stereocenters. The minimum atomic E-state index is -3.06. The summed E-state index contributed by atoms with van der Waals surface area (Å²) >= 11 is 0. The van der Waals surface area contributed by atoms with Gasteiger partial charge in [0.25, 0.3) is 0 Å². The second-order valence-corrected chi connectivity index (χ2v) is 3.79. The summed E-state index contributed by atoms with van der Waals surface area (Å²) in [6.07, 6.45) is 0. The average Bonchev–Trinajstić information content (AvgIpc) is 1.85. The van der Waals surface area contributed by atoms with Crippen LogP contribution in [0.4, 0.5) is 0 Å². The van der Waals surface area contributed by atoms with Crippen LogP contribution in [0.3, 0.4) is 0 Å². The largest absolute Gasteiger partial charge is 0.348 e. The highest BCUT2D eigenvalue weighted by Gasteiger charge is 2.14. The van der Waals surface area contributed by atoms with Crippen LogP contribution in [0.15, 0.2) is 0 Å². The van der Waals surface area contributed by atoms with Gasteiger partial charge in [-0.15, -0.1) is 0 Å². The molecule has 60 valence electrons. The summed E-state index contributed by atoms with van der Waals surface area (Å²) in [5.41, 5.74) is 1.91. The van der Waals surface area contributed by atoms with E-state index in [0.29, 0.717) is 0 Å². The summed E-state index contributed by atoms with van der Waals surface area (Å²) < 4.78 is 19.6. The first-order chi connectivity index (χ1) is 4.48. The third-order valence-electron chi connectivity index (χ3n) is 0.687. The Morgan fingerprint density at radius 2 is 2.10 bits per heavy atom. The number of rotatable bonds is 3. The number of nitrogens with one attached hydrogen (secondary N) is 1. The lowest BCUT2D eigenvalue weighted by Crippen LogP contribution is -2.18. The van der Waals surface area contributed by atoms with Crippen molar-refractivity contribution >= 4 is 13.5 Å². The molecule has 0 heterocycles. The van der Waals surface area contributed by atoms with E-state index in [0.717, 1.165) is 0 Å².